The lowest BCUT2D eigenvalue weighted by molar-refractivity contribution is 0.110. The van der Waals surface area contributed by atoms with Crippen molar-refractivity contribution in [2.45, 2.75) is 20.0 Å². The molecule has 1 aromatic heterocycles. The fourth-order valence-electron chi connectivity index (χ4n) is 2.28. The van der Waals surface area contributed by atoms with Crippen LogP contribution >= 0.6 is 15.9 Å². The standard InChI is InChI=1S/C13H13BrN2O/c1-7-4-8-12(15)9-6-17-3-2-11(9)16-13(8)10(14)5-7/h4-5H,2-3,6H2,1H3,(H2,15,16). The van der Waals surface area contributed by atoms with Crippen LogP contribution in [0.3, 0.4) is 0 Å². The van der Waals surface area contributed by atoms with E-state index in [0.29, 0.717) is 6.61 Å². The number of fused-ring (bicyclic) bond motifs is 2. The fraction of sp³-hybridized carbons (Fsp3) is 0.308. The van der Waals surface area contributed by atoms with Gasteiger partial charge in [-0.3, -0.25) is 4.98 Å². The number of benzene rings is 1. The van der Waals surface area contributed by atoms with Crippen LogP contribution in [-0.2, 0) is 17.8 Å². The van der Waals surface area contributed by atoms with Crippen molar-refractivity contribution in [2.75, 3.05) is 12.3 Å². The fourth-order valence-corrected chi connectivity index (χ4v) is 2.95. The summed E-state index contributed by atoms with van der Waals surface area (Å²) in [7, 11) is 0. The summed E-state index contributed by atoms with van der Waals surface area (Å²) in [6, 6.07) is 4.15. The van der Waals surface area contributed by atoms with Crippen LogP contribution in [0.4, 0.5) is 5.69 Å². The van der Waals surface area contributed by atoms with Crippen LogP contribution in [0.25, 0.3) is 10.9 Å². The topological polar surface area (TPSA) is 48.1 Å². The average molecular weight is 293 g/mol. The van der Waals surface area contributed by atoms with Crippen LogP contribution < -0.4 is 5.73 Å². The van der Waals surface area contributed by atoms with Crippen LogP contribution in [0.15, 0.2) is 16.6 Å². The second-order valence-electron chi connectivity index (χ2n) is 4.40. The van der Waals surface area contributed by atoms with E-state index >= 15 is 0 Å². The Kier molecular flexibility index (Phi) is 2.56. The van der Waals surface area contributed by atoms with Gasteiger partial charge in [0.1, 0.15) is 0 Å². The molecular weight excluding hydrogens is 280 g/mol. The summed E-state index contributed by atoms with van der Waals surface area (Å²) in [5.74, 6) is 0. The molecule has 2 aromatic rings. The highest BCUT2D eigenvalue weighted by Crippen LogP contribution is 2.33. The number of hydrogen-bond donors (Lipinski definition) is 1. The Morgan fingerprint density at radius 2 is 2.24 bits per heavy atom. The van der Waals surface area contributed by atoms with Gasteiger partial charge in [-0.2, -0.15) is 0 Å². The van der Waals surface area contributed by atoms with Crippen LogP contribution in [0, 0.1) is 6.92 Å². The molecule has 0 fully saturated rings. The van der Waals surface area contributed by atoms with Crippen LogP contribution in [0.2, 0.25) is 0 Å². The average Bonchev–Trinajstić information content (AvgIpc) is 2.31. The zero-order chi connectivity index (χ0) is 12.0. The maximum atomic E-state index is 6.24. The number of aryl methyl sites for hydroxylation is 1. The molecule has 0 bridgehead atoms. The van der Waals surface area contributed by atoms with Crippen molar-refractivity contribution in [3.8, 4) is 0 Å². The summed E-state index contributed by atoms with van der Waals surface area (Å²) < 4.78 is 6.46. The van der Waals surface area contributed by atoms with Gasteiger partial charge in [-0.25, -0.2) is 0 Å². The van der Waals surface area contributed by atoms with E-state index in [0.717, 1.165) is 45.3 Å². The van der Waals surface area contributed by atoms with Crippen LogP contribution in [0.1, 0.15) is 16.8 Å². The van der Waals surface area contributed by atoms with Gasteiger partial charge in [0.05, 0.1) is 24.4 Å². The van der Waals surface area contributed by atoms with Gasteiger partial charge < -0.3 is 10.5 Å². The van der Waals surface area contributed by atoms with E-state index in [2.05, 4.69) is 35.0 Å². The van der Waals surface area contributed by atoms with Gasteiger partial charge in [0.2, 0.25) is 0 Å². The summed E-state index contributed by atoms with van der Waals surface area (Å²) in [6.45, 7) is 3.36. The maximum Gasteiger partial charge on any atom is 0.0868 e. The molecule has 17 heavy (non-hydrogen) atoms. The lowest BCUT2D eigenvalue weighted by Crippen LogP contribution is -2.14. The number of nitrogen functional groups attached to an aromatic ring is 1. The largest absolute Gasteiger partial charge is 0.398 e. The minimum Gasteiger partial charge on any atom is -0.398 e. The molecule has 0 saturated heterocycles. The zero-order valence-corrected chi connectivity index (χ0v) is 11.2. The molecule has 0 spiro atoms. The molecule has 0 radical (unpaired) electrons. The Bertz CT molecular complexity index is 610. The number of ether oxygens (including phenoxy) is 1. The third-order valence-electron chi connectivity index (χ3n) is 3.15. The Morgan fingerprint density at radius 3 is 3.06 bits per heavy atom. The first-order valence-electron chi connectivity index (χ1n) is 5.61. The molecule has 4 heteroatoms. The predicted octanol–water partition coefficient (Wildman–Crippen LogP) is 2.96. The number of pyridine rings is 1. The molecule has 0 amide bonds. The van der Waals surface area contributed by atoms with E-state index in [1.165, 1.54) is 5.56 Å². The summed E-state index contributed by atoms with van der Waals surface area (Å²) in [6.07, 6.45) is 0.843. The maximum absolute atomic E-state index is 6.24. The van der Waals surface area contributed by atoms with Gasteiger partial charge in [-0.05, 0) is 40.5 Å². The molecule has 1 aliphatic heterocycles. The van der Waals surface area contributed by atoms with Crippen molar-refractivity contribution in [1.82, 2.24) is 4.98 Å². The van der Waals surface area contributed by atoms with E-state index in [4.69, 9.17) is 15.5 Å². The van der Waals surface area contributed by atoms with Gasteiger partial charge in [0.15, 0.2) is 0 Å². The number of hydrogen-bond acceptors (Lipinski definition) is 3. The van der Waals surface area contributed by atoms with E-state index < -0.39 is 0 Å². The van der Waals surface area contributed by atoms with E-state index in [1.54, 1.807) is 0 Å². The number of halogens is 1. The van der Waals surface area contributed by atoms with Gasteiger partial charge in [0, 0.05) is 27.5 Å². The highest BCUT2D eigenvalue weighted by Gasteiger charge is 2.17. The Morgan fingerprint density at radius 1 is 1.41 bits per heavy atom. The Labute approximate surface area is 108 Å². The van der Waals surface area contributed by atoms with E-state index in [9.17, 15) is 0 Å². The SMILES string of the molecule is Cc1cc(Br)c2nc3c(c(N)c2c1)COCC3. The third kappa shape index (κ3) is 1.72. The second kappa shape index (κ2) is 3.96. The molecule has 1 aromatic carbocycles. The predicted molar refractivity (Wildman–Crippen MR) is 72.0 cm³/mol. The first-order valence-corrected chi connectivity index (χ1v) is 6.41. The molecule has 88 valence electrons. The molecule has 0 aliphatic carbocycles. The van der Waals surface area contributed by atoms with Gasteiger partial charge in [-0.15, -0.1) is 0 Å². The molecule has 2 N–H and O–H groups in total. The van der Waals surface area contributed by atoms with Crippen LogP contribution in [0.5, 0.6) is 0 Å². The van der Waals surface area contributed by atoms with Gasteiger partial charge >= 0.3 is 0 Å². The Balaban J connectivity index is 2.40. The third-order valence-corrected chi connectivity index (χ3v) is 3.75. The molecule has 3 nitrogen and oxygen atoms in total. The number of nitrogens with zero attached hydrogens (tertiary/aromatic N) is 1. The highest BCUT2D eigenvalue weighted by molar-refractivity contribution is 9.10. The monoisotopic (exact) mass is 292 g/mol. The number of nitrogens with two attached hydrogens (primary N) is 1. The quantitative estimate of drug-likeness (QED) is 0.812. The van der Waals surface area contributed by atoms with Gasteiger partial charge in [-0.1, -0.05) is 0 Å². The molecule has 1 aliphatic rings. The summed E-state index contributed by atoms with van der Waals surface area (Å²) in [5, 5.41) is 1.01. The molecule has 0 atom stereocenters. The lowest BCUT2D eigenvalue weighted by atomic mass is 10.0. The normalized spacial score (nSPS) is 14.9. The molecule has 0 unspecified atom stereocenters. The van der Waals surface area contributed by atoms with Crippen LogP contribution in [-0.4, -0.2) is 11.6 Å². The summed E-state index contributed by atoms with van der Waals surface area (Å²) >= 11 is 3.56. The highest BCUT2D eigenvalue weighted by atomic mass is 79.9. The summed E-state index contributed by atoms with van der Waals surface area (Å²) in [5.41, 5.74) is 11.3. The Hall–Kier alpha value is -1.13. The molecular formula is C13H13BrN2O. The van der Waals surface area contributed by atoms with Crippen molar-refractivity contribution in [3.05, 3.63) is 33.4 Å². The zero-order valence-electron chi connectivity index (χ0n) is 9.59. The van der Waals surface area contributed by atoms with Crippen molar-refractivity contribution in [3.63, 3.8) is 0 Å². The van der Waals surface area contributed by atoms with E-state index in [1.807, 2.05) is 0 Å². The molecule has 0 saturated carbocycles. The summed E-state index contributed by atoms with van der Waals surface area (Å²) in [4.78, 5) is 4.71. The van der Waals surface area contributed by atoms with Crippen molar-refractivity contribution in [1.29, 1.82) is 0 Å². The van der Waals surface area contributed by atoms with Crippen molar-refractivity contribution in [2.24, 2.45) is 0 Å². The lowest BCUT2D eigenvalue weighted by Gasteiger charge is -2.19. The van der Waals surface area contributed by atoms with Crippen molar-refractivity contribution < 1.29 is 4.74 Å². The first kappa shape index (κ1) is 11.0. The molecule has 2 heterocycles. The second-order valence-corrected chi connectivity index (χ2v) is 5.25. The number of rotatable bonds is 0. The molecule has 3 rings (SSSR count). The van der Waals surface area contributed by atoms with E-state index in [-0.39, 0.29) is 0 Å². The minimum absolute atomic E-state index is 0.579. The van der Waals surface area contributed by atoms with Gasteiger partial charge in [0.25, 0.3) is 0 Å². The van der Waals surface area contributed by atoms with Crippen molar-refractivity contribution >= 4 is 32.5 Å². The number of anilines is 1. The first-order chi connectivity index (χ1) is 8.16. The number of aromatic nitrogens is 1. The smallest absolute Gasteiger partial charge is 0.0868 e. The minimum atomic E-state index is 0.579.